The molecule has 0 atom stereocenters. The number of anilines is 1. The molecule has 0 spiro atoms. The number of hydrogen-bond donors (Lipinski definition) is 1. The van der Waals surface area contributed by atoms with E-state index in [1.54, 1.807) is 32.0 Å². The predicted octanol–water partition coefficient (Wildman–Crippen LogP) is 3.67. The maximum absolute atomic E-state index is 12.7. The lowest BCUT2D eigenvalue weighted by Crippen LogP contribution is -2.30. The molecule has 1 N–H and O–H groups in total. The Kier molecular flexibility index (Phi) is 6.04. The number of nitrogens with one attached hydrogen (secondary N) is 1. The summed E-state index contributed by atoms with van der Waals surface area (Å²) in [6.45, 7) is 4.38. The topological polar surface area (TPSA) is 98.5 Å². The van der Waals surface area contributed by atoms with Crippen LogP contribution in [0.2, 0.25) is 0 Å². The summed E-state index contributed by atoms with van der Waals surface area (Å²) in [6, 6.07) is 16.0. The Morgan fingerprint density at radius 2 is 1.96 bits per heavy atom. The third kappa shape index (κ3) is 4.04. The van der Waals surface area contributed by atoms with Crippen molar-refractivity contribution < 1.29 is 8.42 Å². The number of nitrogens with zero attached hydrogens (tertiary/aromatic N) is 4. The van der Waals surface area contributed by atoms with Gasteiger partial charge in [-0.1, -0.05) is 32.0 Å². The zero-order chi connectivity index (χ0) is 20.1. The van der Waals surface area contributed by atoms with Gasteiger partial charge in [-0.15, -0.1) is 11.3 Å². The van der Waals surface area contributed by atoms with Crippen molar-refractivity contribution in [1.29, 1.82) is 5.26 Å². The van der Waals surface area contributed by atoms with Gasteiger partial charge in [-0.25, -0.2) is 13.4 Å². The van der Waals surface area contributed by atoms with Gasteiger partial charge in [-0.3, -0.25) is 5.43 Å². The average Bonchev–Trinajstić information content (AvgIpc) is 3.13. The Balaban J connectivity index is 1.88. The first kappa shape index (κ1) is 19.9. The highest BCUT2D eigenvalue weighted by Gasteiger charge is 2.21. The van der Waals surface area contributed by atoms with Crippen LogP contribution in [0.3, 0.4) is 0 Å². The second-order valence-corrected chi connectivity index (χ2v) is 8.76. The molecule has 0 bridgehead atoms. The quantitative estimate of drug-likeness (QED) is 0.471. The summed E-state index contributed by atoms with van der Waals surface area (Å²) in [5.41, 5.74) is 4.19. The number of para-hydroxylation sites is 1. The molecule has 0 aliphatic heterocycles. The molecule has 0 amide bonds. The summed E-state index contributed by atoms with van der Waals surface area (Å²) in [5.74, 6) is 0. The van der Waals surface area contributed by atoms with Crippen LogP contribution in [-0.4, -0.2) is 36.5 Å². The van der Waals surface area contributed by atoms with Gasteiger partial charge in [-0.2, -0.15) is 14.7 Å². The van der Waals surface area contributed by atoms with E-state index in [1.165, 1.54) is 21.7 Å². The molecule has 0 radical (unpaired) electrons. The number of rotatable bonds is 7. The molecule has 9 heteroatoms. The number of thiazole rings is 1. The fourth-order valence-electron chi connectivity index (χ4n) is 2.65. The molecule has 2 aromatic carbocycles. The molecule has 0 aliphatic carbocycles. The second kappa shape index (κ2) is 8.48. The predicted molar refractivity (Wildman–Crippen MR) is 112 cm³/mol. The van der Waals surface area contributed by atoms with Crippen molar-refractivity contribution in [3.63, 3.8) is 0 Å². The van der Waals surface area contributed by atoms with E-state index in [2.05, 4.69) is 15.5 Å². The molecule has 28 heavy (non-hydrogen) atoms. The molecule has 0 aliphatic rings. The molecule has 3 rings (SSSR count). The molecule has 0 saturated heterocycles. The van der Waals surface area contributed by atoms with E-state index in [-0.39, 0.29) is 10.6 Å². The fourth-order valence-corrected chi connectivity index (χ4v) is 5.06. The van der Waals surface area contributed by atoms with Crippen molar-refractivity contribution in [1.82, 2.24) is 9.29 Å². The molecule has 1 aromatic heterocycles. The van der Waals surface area contributed by atoms with Crippen LogP contribution in [0, 0.1) is 11.3 Å². The van der Waals surface area contributed by atoms with Gasteiger partial charge in [0.2, 0.25) is 10.0 Å². The average molecular weight is 414 g/mol. The van der Waals surface area contributed by atoms with Crippen molar-refractivity contribution in [2.24, 2.45) is 5.10 Å². The second-order valence-electron chi connectivity index (χ2n) is 5.79. The van der Waals surface area contributed by atoms with E-state index >= 15 is 0 Å². The molecule has 7 nitrogen and oxygen atoms in total. The monoisotopic (exact) mass is 413 g/mol. The molecular formula is C19H19N5O2S2. The van der Waals surface area contributed by atoms with E-state index in [4.69, 9.17) is 0 Å². The van der Waals surface area contributed by atoms with Gasteiger partial charge < -0.3 is 0 Å². The maximum Gasteiger partial charge on any atom is 0.243 e. The summed E-state index contributed by atoms with van der Waals surface area (Å²) < 4.78 is 27.7. The van der Waals surface area contributed by atoms with Crippen LogP contribution in [-0.2, 0) is 10.0 Å². The number of fused-ring (bicyclic) bond motifs is 1. The zero-order valence-electron chi connectivity index (χ0n) is 15.5. The smallest absolute Gasteiger partial charge is 0.243 e. The van der Waals surface area contributed by atoms with Crippen LogP contribution in [0.25, 0.3) is 10.2 Å². The van der Waals surface area contributed by atoms with Crippen LogP contribution in [0.5, 0.6) is 0 Å². The summed E-state index contributed by atoms with van der Waals surface area (Å²) in [7, 11) is -3.57. The fraction of sp³-hybridized carbons (Fsp3) is 0.211. The minimum absolute atomic E-state index is 0.137. The van der Waals surface area contributed by atoms with Gasteiger partial charge in [0.05, 0.1) is 20.8 Å². The van der Waals surface area contributed by atoms with Gasteiger partial charge >= 0.3 is 0 Å². The van der Waals surface area contributed by atoms with Crippen LogP contribution < -0.4 is 5.43 Å². The molecule has 0 fully saturated rings. The Morgan fingerprint density at radius 1 is 1.21 bits per heavy atom. The number of sulfonamides is 1. The summed E-state index contributed by atoms with van der Waals surface area (Å²) in [4.78, 5) is 4.60. The lowest BCUT2D eigenvalue weighted by atomic mass is 10.3. The highest BCUT2D eigenvalue weighted by molar-refractivity contribution is 7.89. The summed E-state index contributed by atoms with van der Waals surface area (Å²) in [6.07, 6.45) is 0. The molecule has 3 aromatic rings. The van der Waals surface area contributed by atoms with Crippen molar-refractivity contribution >= 4 is 43.0 Å². The first-order valence-corrected chi connectivity index (χ1v) is 10.9. The van der Waals surface area contributed by atoms with Crippen molar-refractivity contribution in [2.45, 2.75) is 18.7 Å². The van der Waals surface area contributed by atoms with E-state index in [1.807, 2.05) is 30.3 Å². The number of benzene rings is 2. The van der Waals surface area contributed by atoms with Crippen LogP contribution >= 0.6 is 11.3 Å². The SMILES string of the molecule is CCN(CC)S(=O)(=O)c1cccc(NN=C(C#N)c2nc3ccccc3s2)c1. The van der Waals surface area contributed by atoms with Crippen molar-refractivity contribution in [3.05, 3.63) is 53.5 Å². The maximum atomic E-state index is 12.7. The minimum atomic E-state index is -3.57. The Morgan fingerprint density at radius 3 is 2.64 bits per heavy atom. The van der Waals surface area contributed by atoms with Gasteiger partial charge in [0.1, 0.15) is 6.07 Å². The number of nitriles is 1. The number of hydrazone groups is 1. The third-order valence-electron chi connectivity index (χ3n) is 4.08. The van der Waals surface area contributed by atoms with Gasteiger partial charge in [-0.05, 0) is 30.3 Å². The zero-order valence-corrected chi connectivity index (χ0v) is 17.1. The number of hydrogen-bond acceptors (Lipinski definition) is 7. The summed E-state index contributed by atoms with van der Waals surface area (Å²) in [5, 5.41) is 14.1. The molecule has 0 saturated carbocycles. The first-order valence-electron chi connectivity index (χ1n) is 8.69. The lowest BCUT2D eigenvalue weighted by Gasteiger charge is -2.18. The molecule has 1 heterocycles. The van der Waals surface area contributed by atoms with E-state index in [0.717, 1.165) is 10.2 Å². The first-order chi connectivity index (χ1) is 13.5. The van der Waals surface area contributed by atoms with Crippen LogP contribution in [0.4, 0.5) is 5.69 Å². The van der Waals surface area contributed by atoms with E-state index in [0.29, 0.717) is 23.8 Å². The van der Waals surface area contributed by atoms with Crippen LogP contribution in [0.1, 0.15) is 18.9 Å². The van der Waals surface area contributed by atoms with Gasteiger partial charge in [0.15, 0.2) is 10.7 Å². The summed E-state index contributed by atoms with van der Waals surface area (Å²) >= 11 is 1.38. The largest absolute Gasteiger partial charge is 0.277 e. The Labute approximate surface area is 168 Å². The van der Waals surface area contributed by atoms with Crippen molar-refractivity contribution in [2.75, 3.05) is 18.5 Å². The standard InChI is InChI=1S/C19H19N5O2S2/c1-3-24(4-2)28(25,26)15-9-7-8-14(12-15)22-23-17(13-20)19-21-16-10-5-6-11-18(16)27-19/h5-12,22H,3-4H2,1-2H3. The van der Waals surface area contributed by atoms with E-state index in [9.17, 15) is 13.7 Å². The number of aromatic nitrogens is 1. The normalized spacial score (nSPS) is 12.3. The van der Waals surface area contributed by atoms with Crippen molar-refractivity contribution in [3.8, 4) is 6.07 Å². The van der Waals surface area contributed by atoms with E-state index < -0.39 is 10.0 Å². The molecule has 144 valence electrons. The van der Waals surface area contributed by atoms with Gasteiger partial charge in [0, 0.05) is 13.1 Å². The Hall–Kier alpha value is -2.80. The van der Waals surface area contributed by atoms with Crippen LogP contribution in [0.15, 0.2) is 58.5 Å². The lowest BCUT2D eigenvalue weighted by molar-refractivity contribution is 0.445. The minimum Gasteiger partial charge on any atom is -0.277 e. The Bertz CT molecular complexity index is 1130. The third-order valence-corrected chi connectivity index (χ3v) is 7.17. The highest BCUT2D eigenvalue weighted by atomic mass is 32.2. The highest BCUT2D eigenvalue weighted by Crippen LogP contribution is 2.23. The molecular weight excluding hydrogens is 394 g/mol. The molecule has 0 unspecified atom stereocenters. The van der Waals surface area contributed by atoms with Gasteiger partial charge in [0.25, 0.3) is 0 Å².